The molecule has 1 aromatic carbocycles. The molecule has 0 bridgehead atoms. The van der Waals surface area contributed by atoms with Gasteiger partial charge in [0, 0.05) is 30.2 Å². The topological polar surface area (TPSA) is 59.8 Å². The van der Waals surface area contributed by atoms with Gasteiger partial charge in [0.15, 0.2) is 0 Å². The first-order valence-electron chi connectivity index (χ1n) is 7.44. The number of aryl methyl sites for hydroxylation is 2. The second-order valence-corrected chi connectivity index (χ2v) is 5.43. The standard InChI is InChI=1S/C18H18N4O/c1-13-9-14(2)22(21-13)17-7-3-6-16(10-17)18(23)20-12-15-5-4-8-19-11-15/h3-11H,12H2,1-2H3,(H,20,23). The van der Waals surface area contributed by atoms with Crippen molar-refractivity contribution < 1.29 is 4.79 Å². The van der Waals surface area contributed by atoms with Gasteiger partial charge in [-0.2, -0.15) is 5.10 Å². The van der Waals surface area contributed by atoms with Crippen LogP contribution < -0.4 is 5.32 Å². The van der Waals surface area contributed by atoms with Gasteiger partial charge in [0.25, 0.3) is 5.91 Å². The van der Waals surface area contributed by atoms with Crippen molar-refractivity contribution in [2.45, 2.75) is 20.4 Å². The molecule has 0 aliphatic carbocycles. The highest BCUT2D eigenvalue weighted by atomic mass is 16.1. The Bertz CT molecular complexity index is 824. The summed E-state index contributed by atoms with van der Waals surface area (Å²) >= 11 is 0. The van der Waals surface area contributed by atoms with Gasteiger partial charge in [0.2, 0.25) is 0 Å². The number of carbonyl (C=O) groups is 1. The van der Waals surface area contributed by atoms with Crippen molar-refractivity contribution in [1.29, 1.82) is 0 Å². The molecule has 116 valence electrons. The molecule has 2 heterocycles. The molecule has 0 unspecified atom stereocenters. The first-order valence-corrected chi connectivity index (χ1v) is 7.44. The first-order chi connectivity index (χ1) is 11.1. The molecular weight excluding hydrogens is 288 g/mol. The molecule has 5 nitrogen and oxygen atoms in total. The first kappa shape index (κ1) is 15.0. The van der Waals surface area contributed by atoms with E-state index in [1.807, 2.05) is 54.9 Å². The Labute approximate surface area is 135 Å². The van der Waals surface area contributed by atoms with E-state index in [1.54, 1.807) is 18.5 Å². The maximum Gasteiger partial charge on any atom is 0.251 e. The Morgan fingerprint density at radius 2 is 2.04 bits per heavy atom. The molecule has 0 saturated heterocycles. The van der Waals surface area contributed by atoms with E-state index in [9.17, 15) is 4.79 Å². The van der Waals surface area contributed by atoms with Crippen LogP contribution in [0.3, 0.4) is 0 Å². The van der Waals surface area contributed by atoms with Gasteiger partial charge in [-0.3, -0.25) is 9.78 Å². The van der Waals surface area contributed by atoms with Crippen LogP contribution in [0.2, 0.25) is 0 Å². The molecule has 3 rings (SSSR count). The number of pyridine rings is 1. The molecule has 0 saturated carbocycles. The van der Waals surface area contributed by atoms with E-state index >= 15 is 0 Å². The summed E-state index contributed by atoms with van der Waals surface area (Å²) in [5, 5.41) is 7.36. The molecule has 5 heteroatoms. The summed E-state index contributed by atoms with van der Waals surface area (Å²) in [4.78, 5) is 16.4. The largest absolute Gasteiger partial charge is 0.348 e. The highest BCUT2D eigenvalue weighted by Gasteiger charge is 2.09. The van der Waals surface area contributed by atoms with Crippen molar-refractivity contribution in [3.63, 3.8) is 0 Å². The summed E-state index contributed by atoms with van der Waals surface area (Å²) in [5.74, 6) is -0.114. The molecule has 23 heavy (non-hydrogen) atoms. The Hall–Kier alpha value is -2.95. The van der Waals surface area contributed by atoms with Crippen LogP contribution in [0.25, 0.3) is 5.69 Å². The van der Waals surface area contributed by atoms with Crippen LogP contribution in [0.1, 0.15) is 27.3 Å². The van der Waals surface area contributed by atoms with Crippen molar-refractivity contribution in [1.82, 2.24) is 20.1 Å². The third-order valence-electron chi connectivity index (χ3n) is 3.54. The minimum atomic E-state index is -0.114. The lowest BCUT2D eigenvalue weighted by Gasteiger charge is -2.08. The highest BCUT2D eigenvalue weighted by molar-refractivity contribution is 5.94. The summed E-state index contributed by atoms with van der Waals surface area (Å²) in [7, 11) is 0. The fourth-order valence-corrected chi connectivity index (χ4v) is 2.46. The van der Waals surface area contributed by atoms with Gasteiger partial charge in [-0.15, -0.1) is 0 Å². The van der Waals surface area contributed by atoms with Crippen molar-refractivity contribution in [3.05, 3.63) is 77.4 Å². The van der Waals surface area contributed by atoms with Gasteiger partial charge < -0.3 is 5.32 Å². The number of benzene rings is 1. The summed E-state index contributed by atoms with van der Waals surface area (Å²) in [6.45, 7) is 4.40. The summed E-state index contributed by atoms with van der Waals surface area (Å²) in [6, 6.07) is 13.2. The third-order valence-corrected chi connectivity index (χ3v) is 3.54. The van der Waals surface area contributed by atoms with Crippen LogP contribution in [0.4, 0.5) is 0 Å². The summed E-state index contributed by atoms with van der Waals surface area (Å²) in [6.07, 6.45) is 3.45. The SMILES string of the molecule is Cc1cc(C)n(-c2cccc(C(=O)NCc3cccnc3)c2)n1. The van der Waals surface area contributed by atoms with Crippen LogP contribution in [0, 0.1) is 13.8 Å². The molecule has 3 aromatic rings. The quantitative estimate of drug-likeness (QED) is 0.806. The average Bonchev–Trinajstić information content (AvgIpc) is 2.92. The zero-order valence-corrected chi connectivity index (χ0v) is 13.2. The number of nitrogens with one attached hydrogen (secondary N) is 1. The Morgan fingerprint density at radius 1 is 1.17 bits per heavy atom. The van der Waals surface area contributed by atoms with Gasteiger partial charge >= 0.3 is 0 Å². The van der Waals surface area contributed by atoms with E-state index in [2.05, 4.69) is 15.4 Å². The second kappa shape index (κ2) is 6.44. The molecule has 2 aromatic heterocycles. The van der Waals surface area contributed by atoms with Crippen LogP contribution >= 0.6 is 0 Å². The van der Waals surface area contributed by atoms with Crippen LogP contribution in [-0.4, -0.2) is 20.7 Å². The molecule has 1 amide bonds. The molecule has 0 aliphatic rings. The zero-order valence-electron chi connectivity index (χ0n) is 13.2. The number of aromatic nitrogens is 3. The van der Waals surface area contributed by atoms with Gasteiger partial charge in [-0.05, 0) is 49.7 Å². The Morgan fingerprint density at radius 3 is 2.74 bits per heavy atom. The lowest BCUT2D eigenvalue weighted by Crippen LogP contribution is -2.23. The predicted molar refractivity (Wildman–Crippen MR) is 88.4 cm³/mol. The van der Waals surface area contributed by atoms with Gasteiger partial charge in [-0.1, -0.05) is 12.1 Å². The number of hydrogen-bond donors (Lipinski definition) is 1. The number of amides is 1. The van der Waals surface area contributed by atoms with Gasteiger partial charge in [0.1, 0.15) is 0 Å². The monoisotopic (exact) mass is 306 g/mol. The van der Waals surface area contributed by atoms with Crippen LogP contribution in [-0.2, 0) is 6.54 Å². The van der Waals surface area contributed by atoms with E-state index < -0.39 is 0 Å². The van der Waals surface area contributed by atoms with Gasteiger partial charge in [0.05, 0.1) is 11.4 Å². The maximum atomic E-state index is 12.3. The normalized spacial score (nSPS) is 10.5. The van der Waals surface area contributed by atoms with Crippen molar-refractivity contribution in [2.24, 2.45) is 0 Å². The van der Waals surface area contributed by atoms with Crippen LogP contribution in [0.15, 0.2) is 54.9 Å². The predicted octanol–water partition coefficient (Wildman–Crippen LogP) is 2.81. The third kappa shape index (κ3) is 3.45. The van der Waals surface area contributed by atoms with Crippen molar-refractivity contribution >= 4 is 5.91 Å². The fraction of sp³-hybridized carbons (Fsp3) is 0.167. The highest BCUT2D eigenvalue weighted by Crippen LogP contribution is 2.14. The van der Waals surface area contributed by atoms with Gasteiger partial charge in [-0.25, -0.2) is 4.68 Å². The molecule has 1 N–H and O–H groups in total. The Kier molecular flexibility index (Phi) is 4.19. The lowest BCUT2D eigenvalue weighted by atomic mass is 10.2. The average molecular weight is 306 g/mol. The number of rotatable bonds is 4. The molecule has 0 spiro atoms. The maximum absolute atomic E-state index is 12.3. The molecular formula is C18H18N4O. The Balaban J connectivity index is 1.77. The minimum Gasteiger partial charge on any atom is -0.348 e. The summed E-state index contributed by atoms with van der Waals surface area (Å²) in [5.41, 5.74) is 4.45. The van der Waals surface area contributed by atoms with E-state index in [0.29, 0.717) is 12.1 Å². The summed E-state index contributed by atoms with van der Waals surface area (Å²) < 4.78 is 1.84. The lowest BCUT2D eigenvalue weighted by molar-refractivity contribution is 0.0951. The second-order valence-electron chi connectivity index (χ2n) is 5.43. The van der Waals surface area contributed by atoms with E-state index in [-0.39, 0.29) is 5.91 Å². The zero-order chi connectivity index (χ0) is 16.2. The number of nitrogens with zero attached hydrogens (tertiary/aromatic N) is 3. The molecule has 0 radical (unpaired) electrons. The van der Waals surface area contributed by atoms with E-state index in [0.717, 1.165) is 22.6 Å². The molecule has 0 aliphatic heterocycles. The van der Waals surface area contributed by atoms with Crippen molar-refractivity contribution in [2.75, 3.05) is 0 Å². The smallest absolute Gasteiger partial charge is 0.251 e. The van der Waals surface area contributed by atoms with E-state index in [4.69, 9.17) is 0 Å². The van der Waals surface area contributed by atoms with Crippen molar-refractivity contribution in [3.8, 4) is 5.69 Å². The minimum absolute atomic E-state index is 0.114. The fourth-order valence-electron chi connectivity index (χ4n) is 2.46. The molecule has 0 fully saturated rings. The number of hydrogen-bond acceptors (Lipinski definition) is 3. The van der Waals surface area contributed by atoms with Crippen LogP contribution in [0.5, 0.6) is 0 Å². The molecule has 0 atom stereocenters. The number of carbonyl (C=O) groups excluding carboxylic acids is 1. The van der Waals surface area contributed by atoms with E-state index in [1.165, 1.54) is 0 Å².